The second-order valence-electron chi connectivity index (χ2n) is 6.50. The molecule has 2 rings (SSSR count). The smallest absolute Gasteiger partial charge is 0.0412 e. The second-order valence-corrected chi connectivity index (χ2v) is 6.50. The molecule has 1 saturated heterocycles. The standard InChI is InChI=1S/C19H32N2/c1-4-11-20-15-18-14-16(3)8-9-19(18)21-12-6-7-17(5-2)10-13-21/h8-9,14,17,20H,4-7,10-13,15H2,1-3H3. The van der Waals surface area contributed by atoms with Gasteiger partial charge in [-0.15, -0.1) is 0 Å². The van der Waals surface area contributed by atoms with Crippen LogP contribution in [0.25, 0.3) is 0 Å². The number of anilines is 1. The average molecular weight is 288 g/mol. The van der Waals surface area contributed by atoms with Gasteiger partial charge < -0.3 is 10.2 Å². The first-order valence-electron chi connectivity index (χ1n) is 8.79. The summed E-state index contributed by atoms with van der Waals surface area (Å²) >= 11 is 0. The minimum absolute atomic E-state index is 0.933. The summed E-state index contributed by atoms with van der Waals surface area (Å²) < 4.78 is 0. The van der Waals surface area contributed by atoms with Crippen LogP contribution < -0.4 is 10.2 Å². The molecule has 2 heteroatoms. The van der Waals surface area contributed by atoms with E-state index in [1.165, 1.54) is 62.0 Å². The van der Waals surface area contributed by atoms with Crippen LogP contribution in [-0.2, 0) is 6.54 Å². The predicted octanol–water partition coefficient (Wildman–Crippen LogP) is 4.51. The van der Waals surface area contributed by atoms with E-state index in [1.807, 2.05) is 0 Å². The van der Waals surface area contributed by atoms with Crippen molar-refractivity contribution in [2.75, 3.05) is 24.5 Å². The molecular formula is C19H32N2. The number of aryl methyl sites for hydroxylation is 1. The topological polar surface area (TPSA) is 15.3 Å². The van der Waals surface area contributed by atoms with Crippen LogP contribution in [-0.4, -0.2) is 19.6 Å². The first-order valence-corrected chi connectivity index (χ1v) is 8.79. The highest BCUT2D eigenvalue weighted by molar-refractivity contribution is 5.55. The molecule has 0 aliphatic carbocycles. The van der Waals surface area contributed by atoms with Gasteiger partial charge in [-0.05, 0) is 56.7 Å². The third kappa shape index (κ3) is 4.74. The number of hydrogen-bond acceptors (Lipinski definition) is 2. The summed E-state index contributed by atoms with van der Waals surface area (Å²) in [5.41, 5.74) is 4.30. The highest BCUT2D eigenvalue weighted by Crippen LogP contribution is 2.27. The average Bonchev–Trinajstić information content (AvgIpc) is 2.73. The number of nitrogens with one attached hydrogen (secondary N) is 1. The van der Waals surface area contributed by atoms with Crippen LogP contribution in [0, 0.1) is 12.8 Å². The van der Waals surface area contributed by atoms with E-state index in [0.717, 1.165) is 19.0 Å². The Balaban J connectivity index is 2.10. The largest absolute Gasteiger partial charge is 0.371 e. The molecule has 0 bridgehead atoms. The van der Waals surface area contributed by atoms with Crippen molar-refractivity contribution in [3.63, 3.8) is 0 Å². The van der Waals surface area contributed by atoms with Crippen LogP contribution in [0.4, 0.5) is 5.69 Å². The lowest BCUT2D eigenvalue weighted by Gasteiger charge is -2.26. The maximum absolute atomic E-state index is 3.57. The summed E-state index contributed by atoms with van der Waals surface area (Å²) in [6, 6.07) is 6.96. The van der Waals surface area contributed by atoms with Gasteiger partial charge in [-0.3, -0.25) is 0 Å². The zero-order valence-electron chi connectivity index (χ0n) is 14.1. The Morgan fingerprint density at radius 2 is 2.05 bits per heavy atom. The normalized spacial score (nSPS) is 19.6. The molecule has 1 aliphatic heterocycles. The fourth-order valence-corrected chi connectivity index (χ4v) is 3.38. The van der Waals surface area contributed by atoms with Gasteiger partial charge in [0.15, 0.2) is 0 Å². The predicted molar refractivity (Wildman–Crippen MR) is 93.0 cm³/mol. The van der Waals surface area contributed by atoms with Crippen LogP contribution in [0.5, 0.6) is 0 Å². The van der Waals surface area contributed by atoms with Gasteiger partial charge in [0.25, 0.3) is 0 Å². The van der Waals surface area contributed by atoms with E-state index < -0.39 is 0 Å². The quantitative estimate of drug-likeness (QED) is 0.775. The molecule has 1 atom stereocenters. The van der Waals surface area contributed by atoms with Crippen molar-refractivity contribution in [2.45, 2.75) is 59.4 Å². The summed E-state index contributed by atoms with van der Waals surface area (Å²) in [5, 5.41) is 3.57. The van der Waals surface area contributed by atoms with E-state index in [0.29, 0.717) is 0 Å². The highest BCUT2D eigenvalue weighted by atomic mass is 15.1. The lowest BCUT2D eigenvalue weighted by atomic mass is 9.98. The van der Waals surface area contributed by atoms with Crippen LogP contribution in [0.2, 0.25) is 0 Å². The molecule has 0 aromatic heterocycles. The first-order chi connectivity index (χ1) is 10.2. The molecule has 2 nitrogen and oxygen atoms in total. The molecule has 1 N–H and O–H groups in total. The van der Waals surface area contributed by atoms with Gasteiger partial charge in [0, 0.05) is 25.3 Å². The van der Waals surface area contributed by atoms with Crippen LogP contribution in [0.15, 0.2) is 18.2 Å². The molecule has 1 aromatic rings. The van der Waals surface area contributed by atoms with Crippen molar-refractivity contribution in [3.8, 4) is 0 Å². The maximum atomic E-state index is 3.57. The van der Waals surface area contributed by atoms with E-state index in [9.17, 15) is 0 Å². The van der Waals surface area contributed by atoms with Crippen LogP contribution in [0.1, 0.15) is 57.1 Å². The molecule has 0 spiro atoms. The fraction of sp³-hybridized carbons (Fsp3) is 0.684. The van der Waals surface area contributed by atoms with Gasteiger partial charge >= 0.3 is 0 Å². The molecule has 0 radical (unpaired) electrons. The van der Waals surface area contributed by atoms with Crippen molar-refractivity contribution in [1.82, 2.24) is 5.32 Å². The molecular weight excluding hydrogens is 256 g/mol. The van der Waals surface area contributed by atoms with Crippen molar-refractivity contribution in [2.24, 2.45) is 5.92 Å². The van der Waals surface area contributed by atoms with E-state index in [1.54, 1.807) is 0 Å². The number of nitrogens with zero attached hydrogens (tertiary/aromatic N) is 1. The minimum atomic E-state index is 0.933. The molecule has 1 fully saturated rings. The van der Waals surface area contributed by atoms with Crippen molar-refractivity contribution in [1.29, 1.82) is 0 Å². The van der Waals surface area contributed by atoms with Gasteiger partial charge in [-0.25, -0.2) is 0 Å². The Morgan fingerprint density at radius 1 is 1.19 bits per heavy atom. The summed E-state index contributed by atoms with van der Waals surface area (Å²) in [5.74, 6) is 0.933. The van der Waals surface area contributed by atoms with Gasteiger partial charge in [0.05, 0.1) is 0 Å². The fourth-order valence-electron chi connectivity index (χ4n) is 3.38. The summed E-state index contributed by atoms with van der Waals surface area (Å²) in [6.45, 7) is 11.3. The lowest BCUT2D eigenvalue weighted by molar-refractivity contribution is 0.459. The number of rotatable bonds is 6. The Kier molecular flexibility index (Phi) is 6.56. The Morgan fingerprint density at radius 3 is 2.81 bits per heavy atom. The highest BCUT2D eigenvalue weighted by Gasteiger charge is 2.17. The Labute approximate surface area is 130 Å². The van der Waals surface area contributed by atoms with E-state index in [4.69, 9.17) is 0 Å². The molecule has 118 valence electrons. The Bertz CT molecular complexity index is 428. The lowest BCUT2D eigenvalue weighted by Crippen LogP contribution is -2.26. The molecule has 1 aliphatic rings. The van der Waals surface area contributed by atoms with Gasteiger partial charge in [-0.1, -0.05) is 38.0 Å². The maximum Gasteiger partial charge on any atom is 0.0412 e. The second kappa shape index (κ2) is 8.43. The molecule has 0 amide bonds. The van der Waals surface area contributed by atoms with E-state index in [-0.39, 0.29) is 0 Å². The molecule has 1 heterocycles. The van der Waals surface area contributed by atoms with Gasteiger partial charge in [-0.2, -0.15) is 0 Å². The Hall–Kier alpha value is -1.02. The van der Waals surface area contributed by atoms with Crippen LogP contribution in [0.3, 0.4) is 0 Å². The molecule has 1 unspecified atom stereocenters. The summed E-state index contributed by atoms with van der Waals surface area (Å²) in [6.07, 6.45) is 6.64. The summed E-state index contributed by atoms with van der Waals surface area (Å²) in [7, 11) is 0. The molecule has 21 heavy (non-hydrogen) atoms. The monoisotopic (exact) mass is 288 g/mol. The van der Waals surface area contributed by atoms with Crippen molar-refractivity contribution in [3.05, 3.63) is 29.3 Å². The van der Waals surface area contributed by atoms with Gasteiger partial charge in [0.1, 0.15) is 0 Å². The van der Waals surface area contributed by atoms with Crippen molar-refractivity contribution < 1.29 is 0 Å². The summed E-state index contributed by atoms with van der Waals surface area (Å²) in [4.78, 5) is 2.62. The molecule has 1 aromatic carbocycles. The third-order valence-corrected chi connectivity index (χ3v) is 4.74. The van der Waals surface area contributed by atoms with Gasteiger partial charge in [0.2, 0.25) is 0 Å². The van der Waals surface area contributed by atoms with E-state index in [2.05, 4.69) is 49.2 Å². The SMILES string of the molecule is CCCNCc1cc(C)ccc1N1CCCC(CC)CC1. The zero-order valence-corrected chi connectivity index (χ0v) is 14.1. The van der Waals surface area contributed by atoms with Crippen molar-refractivity contribution >= 4 is 5.69 Å². The first kappa shape index (κ1) is 16.4. The minimum Gasteiger partial charge on any atom is -0.371 e. The van der Waals surface area contributed by atoms with Crippen LogP contribution >= 0.6 is 0 Å². The molecule has 0 saturated carbocycles. The number of benzene rings is 1. The number of hydrogen-bond donors (Lipinski definition) is 1. The van der Waals surface area contributed by atoms with E-state index >= 15 is 0 Å². The zero-order chi connectivity index (χ0) is 15.1. The third-order valence-electron chi connectivity index (χ3n) is 4.74.